The van der Waals surface area contributed by atoms with Gasteiger partial charge in [0.2, 0.25) is 5.91 Å². The van der Waals surface area contributed by atoms with Crippen molar-refractivity contribution >= 4 is 5.91 Å². The minimum absolute atomic E-state index is 0.0471. The number of nitrogens with one attached hydrogen (secondary N) is 1. The highest BCUT2D eigenvalue weighted by Crippen LogP contribution is 2.32. The van der Waals surface area contributed by atoms with Crippen molar-refractivity contribution in [3.8, 4) is 11.5 Å². The standard InChI is InChI=1S/C17H26N2O3/c1-12-16(21-3)6-5-15(17(12)22-4)11-19-8-7-14(10-19)9-18-13(2)20/h5-6,14H,7-11H2,1-4H3,(H,18,20)/t14-/m0/s1. The summed E-state index contributed by atoms with van der Waals surface area (Å²) in [7, 11) is 3.38. The van der Waals surface area contributed by atoms with Gasteiger partial charge in [0.15, 0.2) is 0 Å². The molecule has 0 radical (unpaired) electrons. The van der Waals surface area contributed by atoms with Gasteiger partial charge in [-0.1, -0.05) is 6.07 Å². The predicted octanol–water partition coefficient (Wildman–Crippen LogP) is 1.97. The van der Waals surface area contributed by atoms with E-state index in [-0.39, 0.29) is 5.91 Å². The molecule has 1 aliphatic heterocycles. The molecular formula is C17H26N2O3. The molecule has 1 atom stereocenters. The maximum atomic E-state index is 11.0. The molecule has 122 valence electrons. The first kappa shape index (κ1) is 16.6. The minimum atomic E-state index is 0.0471. The number of nitrogens with zero attached hydrogens (tertiary/aromatic N) is 1. The lowest BCUT2D eigenvalue weighted by molar-refractivity contribution is -0.119. The van der Waals surface area contributed by atoms with Gasteiger partial charge in [0, 0.05) is 37.7 Å². The van der Waals surface area contributed by atoms with Crippen LogP contribution >= 0.6 is 0 Å². The molecule has 1 aromatic rings. The second-order valence-electron chi connectivity index (χ2n) is 5.91. The molecule has 1 amide bonds. The number of hydrogen-bond acceptors (Lipinski definition) is 4. The Balaban J connectivity index is 2.00. The maximum absolute atomic E-state index is 11.0. The third-order valence-corrected chi connectivity index (χ3v) is 4.27. The van der Waals surface area contributed by atoms with Gasteiger partial charge in [0.1, 0.15) is 11.5 Å². The summed E-state index contributed by atoms with van der Waals surface area (Å²) in [6.07, 6.45) is 1.12. The van der Waals surface area contributed by atoms with Gasteiger partial charge in [0.05, 0.1) is 14.2 Å². The van der Waals surface area contributed by atoms with Crippen molar-refractivity contribution in [1.82, 2.24) is 10.2 Å². The van der Waals surface area contributed by atoms with Gasteiger partial charge in [-0.2, -0.15) is 0 Å². The van der Waals surface area contributed by atoms with Crippen molar-refractivity contribution in [3.63, 3.8) is 0 Å². The van der Waals surface area contributed by atoms with E-state index in [0.29, 0.717) is 5.92 Å². The largest absolute Gasteiger partial charge is 0.496 e. The van der Waals surface area contributed by atoms with Gasteiger partial charge in [-0.25, -0.2) is 0 Å². The highest BCUT2D eigenvalue weighted by molar-refractivity contribution is 5.72. The lowest BCUT2D eigenvalue weighted by atomic mass is 10.1. The smallest absolute Gasteiger partial charge is 0.216 e. The maximum Gasteiger partial charge on any atom is 0.216 e. The van der Waals surface area contributed by atoms with Gasteiger partial charge in [-0.05, 0) is 31.9 Å². The van der Waals surface area contributed by atoms with E-state index in [4.69, 9.17) is 9.47 Å². The van der Waals surface area contributed by atoms with E-state index in [1.165, 1.54) is 5.56 Å². The van der Waals surface area contributed by atoms with E-state index < -0.39 is 0 Å². The van der Waals surface area contributed by atoms with Crippen molar-refractivity contribution in [3.05, 3.63) is 23.3 Å². The normalized spacial score (nSPS) is 18.3. The number of benzene rings is 1. The van der Waals surface area contributed by atoms with Gasteiger partial charge in [0.25, 0.3) is 0 Å². The third-order valence-electron chi connectivity index (χ3n) is 4.27. The second kappa shape index (κ2) is 7.49. The zero-order valence-electron chi connectivity index (χ0n) is 13.9. The fraction of sp³-hybridized carbons (Fsp3) is 0.588. The van der Waals surface area contributed by atoms with Crippen LogP contribution in [0.4, 0.5) is 0 Å². The lowest BCUT2D eigenvalue weighted by Gasteiger charge is -2.20. The van der Waals surface area contributed by atoms with Gasteiger partial charge >= 0.3 is 0 Å². The highest BCUT2D eigenvalue weighted by atomic mass is 16.5. The first-order valence-electron chi connectivity index (χ1n) is 7.72. The number of amides is 1. The molecular weight excluding hydrogens is 280 g/mol. The van der Waals surface area contributed by atoms with Crippen LogP contribution in [0.15, 0.2) is 12.1 Å². The Bertz CT molecular complexity index is 531. The summed E-state index contributed by atoms with van der Waals surface area (Å²) in [6, 6.07) is 4.07. The van der Waals surface area contributed by atoms with E-state index in [0.717, 1.165) is 49.7 Å². The average molecular weight is 306 g/mol. The quantitative estimate of drug-likeness (QED) is 0.873. The highest BCUT2D eigenvalue weighted by Gasteiger charge is 2.24. The molecule has 5 nitrogen and oxygen atoms in total. The number of carbonyl (C=O) groups is 1. The molecule has 1 aliphatic rings. The summed E-state index contributed by atoms with van der Waals surface area (Å²) in [5, 5.41) is 2.91. The van der Waals surface area contributed by atoms with Crippen LogP contribution in [-0.4, -0.2) is 44.7 Å². The van der Waals surface area contributed by atoms with Crippen LogP contribution in [0.3, 0.4) is 0 Å². The molecule has 1 aromatic carbocycles. The molecule has 2 rings (SSSR count). The van der Waals surface area contributed by atoms with E-state index in [2.05, 4.69) is 16.3 Å². The predicted molar refractivity (Wildman–Crippen MR) is 86.4 cm³/mol. The molecule has 0 spiro atoms. The van der Waals surface area contributed by atoms with Crippen molar-refractivity contribution < 1.29 is 14.3 Å². The van der Waals surface area contributed by atoms with E-state index in [9.17, 15) is 4.79 Å². The minimum Gasteiger partial charge on any atom is -0.496 e. The Kier molecular flexibility index (Phi) is 5.66. The molecule has 0 aromatic heterocycles. The number of hydrogen-bond donors (Lipinski definition) is 1. The van der Waals surface area contributed by atoms with Crippen molar-refractivity contribution in [2.75, 3.05) is 33.9 Å². The Morgan fingerprint density at radius 2 is 2.14 bits per heavy atom. The average Bonchev–Trinajstić information content (AvgIpc) is 2.93. The van der Waals surface area contributed by atoms with E-state index in [1.54, 1.807) is 21.1 Å². The third kappa shape index (κ3) is 3.91. The molecule has 0 bridgehead atoms. The summed E-state index contributed by atoms with van der Waals surface area (Å²) >= 11 is 0. The zero-order chi connectivity index (χ0) is 16.1. The van der Waals surface area contributed by atoms with Crippen molar-refractivity contribution in [1.29, 1.82) is 0 Å². The number of rotatable bonds is 6. The van der Waals surface area contributed by atoms with Crippen molar-refractivity contribution in [2.24, 2.45) is 5.92 Å². The van der Waals surface area contributed by atoms with Crippen LogP contribution in [0, 0.1) is 12.8 Å². The van der Waals surface area contributed by atoms with Crippen LogP contribution in [0.1, 0.15) is 24.5 Å². The summed E-state index contributed by atoms with van der Waals surface area (Å²) in [6.45, 7) is 7.28. The summed E-state index contributed by atoms with van der Waals surface area (Å²) in [4.78, 5) is 13.4. The number of methoxy groups -OCH3 is 2. The SMILES string of the molecule is COc1ccc(CN2CC[C@@H](CNC(C)=O)C2)c(OC)c1C. The van der Waals surface area contributed by atoms with Gasteiger partial charge in [-0.15, -0.1) is 0 Å². The Labute approximate surface area is 132 Å². The van der Waals surface area contributed by atoms with Gasteiger partial charge < -0.3 is 14.8 Å². The number of carbonyl (C=O) groups excluding carboxylic acids is 1. The molecule has 0 unspecified atom stereocenters. The molecule has 1 heterocycles. The molecule has 0 aliphatic carbocycles. The van der Waals surface area contributed by atoms with Crippen LogP contribution in [0.2, 0.25) is 0 Å². The summed E-state index contributed by atoms with van der Waals surface area (Å²) in [5.41, 5.74) is 2.22. The van der Waals surface area contributed by atoms with Crippen LogP contribution in [0.25, 0.3) is 0 Å². The Morgan fingerprint density at radius 3 is 2.77 bits per heavy atom. The second-order valence-corrected chi connectivity index (χ2v) is 5.91. The number of ether oxygens (including phenoxy) is 2. The monoisotopic (exact) mass is 306 g/mol. The fourth-order valence-corrected chi connectivity index (χ4v) is 3.11. The van der Waals surface area contributed by atoms with Gasteiger partial charge in [-0.3, -0.25) is 9.69 Å². The topological polar surface area (TPSA) is 50.8 Å². The Morgan fingerprint density at radius 1 is 1.36 bits per heavy atom. The lowest BCUT2D eigenvalue weighted by Crippen LogP contribution is -2.29. The molecule has 22 heavy (non-hydrogen) atoms. The molecule has 0 saturated carbocycles. The first-order valence-corrected chi connectivity index (χ1v) is 7.72. The van der Waals surface area contributed by atoms with E-state index in [1.807, 2.05) is 13.0 Å². The fourth-order valence-electron chi connectivity index (χ4n) is 3.11. The zero-order valence-corrected chi connectivity index (χ0v) is 13.9. The van der Waals surface area contributed by atoms with Crippen LogP contribution in [-0.2, 0) is 11.3 Å². The van der Waals surface area contributed by atoms with Crippen LogP contribution < -0.4 is 14.8 Å². The number of likely N-dealkylation sites (tertiary alicyclic amines) is 1. The van der Waals surface area contributed by atoms with E-state index >= 15 is 0 Å². The first-order chi connectivity index (χ1) is 10.5. The Hall–Kier alpha value is -1.75. The van der Waals surface area contributed by atoms with Crippen molar-refractivity contribution in [2.45, 2.75) is 26.8 Å². The molecule has 5 heteroatoms. The molecule has 1 N–H and O–H groups in total. The van der Waals surface area contributed by atoms with Crippen LogP contribution in [0.5, 0.6) is 11.5 Å². The summed E-state index contributed by atoms with van der Waals surface area (Å²) in [5.74, 6) is 2.34. The molecule has 1 saturated heterocycles. The molecule has 1 fully saturated rings. The summed E-state index contributed by atoms with van der Waals surface area (Å²) < 4.78 is 10.9.